The van der Waals surface area contributed by atoms with E-state index >= 15 is 0 Å². The number of nitrogens with zero attached hydrogens (tertiary/aromatic N) is 2. The smallest absolute Gasteiger partial charge is 0.187 e. The Balaban J connectivity index is 1.73. The first-order valence-corrected chi connectivity index (χ1v) is 9.48. The molecule has 4 rings (SSSR count). The van der Waals surface area contributed by atoms with Crippen molar-refractivity contribution in [2.45, 2.75) is 50.1 Å². The lowest BCUT2D eigenvalue weighted by Gasteiger charge is -2.31. The maximum absolute atomic E-state index is 4.79. The van der Waals surface area contributed by atoms with Crippen LogP contribution < -0.4 is 0 Å². The lowest BCUT2D eigenvalue weighted by atomic mass is 9.74. The van der Waals surface area contributed by atoms with Crippen LogP contribution in [0.5, 0.6) is 0 Å². The SMILES string of the molecule is CSc1ncc2c(n1)CC(c1cccc3c1CCC3)C(C)C2. The Morgan fingerprint density at radius 1 is 1.14 bits per heavy atom. The molecule has 0 radical (unpaired) electrons. The minimum Gasteiger partial charge on any atom is -0.231 e. The third-order valence-corrected chi connectivity index (χ3v) is 5.90. The van der Waals surface area contributed by atoms with Gasteiger partial charge in [0.05, 0.1) is 0 Å². The predicted octanol–water partition coefficient (Wildman–Crippen LogP) is 4.21. The van der Waals surface area contributed by atoms with E-state index < -0.39 is 0 Å². The molecule has 2 atom stereocenters. The number of hydrogen-bond donors (Lipinski definition) is 0. The Hall–Kier alpha value is -1.35. The van der Waals surface area contributed by atoms with Crippen molar-refractivity contribution in [1.82, 2.24) is 9.97 Å². The Bertz CT molecular complexity index is 711. The monoisotopic (exact) mass is 310 g/mol. The molecule has 0 saturated carbocycles. The van der Waals surface area contributed by atoms with E-state index in [0.29, 0.717) is 11.8 Å². The minimum absolute atomic E-state index is 0.616. The fraction of sp³-hybridized carbons (Fsp3) is 0.474. The third kappa shape index (κ3) is 2.36. The second-order valence-corrected chi connectivity index (χ2v) is 7.43. The minimum atomic E-state index is 0.616. The molecular weight excluding hydrogens is 288 g/mol. The van der Waals surface area contributed by atoms with Crippen molar-refractivity contribution >= 4 is 11.8 Å². The van der Waals surface area contributed by atoms with Crippen LogP contribution in [0.15, 0.2) is 29.6 Å². The van der Waals surface area contributed by atoms with Crippen LogP contribution in [0.2, 0.25) is 0 Å². The van der Waals surface area contributed by atoms with E-state index in [4.69, 9.17) is 4.98 Å². The summed E-state index contributed by atoms with van der Waals surface area (Å²) in [5.74, 6) is 1.29. The van der Waals surface area contributed by atoms with Crippen LogP contribution in [0.1, 0.15) is 47.2 Å². The van der Waals surface area contributed by atoms with E-state index in [0.717, 1.165) is 18.0 Å². The number of benzene rings is 1. The van der Waals surface area contributed by atoms with Gasteiger partial charge in [-0.1, -0.05) is 36.9 Å². The zero-order valence-corrected chi connectivity index (χ0v) is 14.1. The predicted molar refractivity (Wildman–Crippen MR) is 91.6 cm³/mol. The lowest BCUT2D eigenvalue weighted by Crippen LogP contribution is -2.24. The molecule has 2 aliphatic rings. The first-order valence-electron chi connectivity index (χ1n) is 8.25. The molecule has 1 aromatic heterocycles. The van der Waals surface area contributed by atoms with Crippen molar-refractivity contribution in [1.29, 1.82) is 0 Å². The van der Waals surface area contributed by atoms with Crippen molar-refractivity contribution in [2.24, 2.45) is 5.92 Å². The molecular formula is C19H22N2S. The van der Waals surface area contributed by atoms with Crippen LogP contribution in [0.4, 0.5) is 0 Å². The Morgan fingerprint density at radius 2 is 2.05 bits per heavy atom. The van der Waals surface area contributed by atoms with Crippen LogP contribution in [0.3, 0.4) is 0 Å². The molecule has 2 unspecified atom stereocenters. The molecule has 114 valence electrons. The standard InChI is InChI=1S/C19H22N2S/c1-12-9-14-11-20-19(22-2)21-18(14)10-17(12)16-8-4-6-13-5-3-7-15(13)16/h4,6,8,11-12,17H,3,5,7,9-10H2,1-2H3. The maximum Gasteiger partial charge on any atom is 0.187 e. The molecule has 0 spiro atoms. The van der Waals surface area contributed by atoms with E-state index in [2.05, 4.69) is 42.6 Å². The summed E-state index contributed by atoms with van der Waals surface area (Å²) in [4.78, 5) is 9.24. The normalized spacial score (nSPS) is 23.2. The molecule has 0 aliphatic heterocycles. The molecule has 2 aliphatic carbocycles. The third-order valence-electron chi connectivity index (χ3n) is 5.34. The van der Waals surface area contributed by atoms with Crippen molar-refractivity contribution < 1.29 is 0 Å². The highest BCUT2D eigenvalue weighted by Gasteiger charge is 2.30. The summed E-state index contributed by atoms with van der Waals surface area (Å²) in [5, 5.41) is 0.908. The van der Waals surface area contributed by atoms with E-state index in [1.54, 1.807) is 28.5 Å². The molecule has 1 aromatic carbocycles. The first kappa shape index (κ1) is 14.3. The average molecular weight is 310 g/mol. The Morgan fingerprint density at radius 3 is 2.91 bits per heavy atom. The number of aromatic nitrogens is 2. The number of fused-ring (bicyclic) bond motifs is 2. The summed E-state index contributed by atoms with van der Waals surface area (Å²) in [6, 6.07) is 6.95. The number of aryl methyl sites for hydroxylation is 1. The van der Waals surface area contributed by atoms with Gasteiger partial charge in [0.25, 0.3) is 0 Å². The highest BCUT2D eigenvalue weighted by Crippen LogP contribution is 2.40. The van der Waals surface area contributed by atoms with Gasteiger partial charge in [0.2, 0.25) is 0 Å². The largest absolute Gasteiger partial charge is 0.231 e. The zero-order chi connectivity index (χ0) is 15.1. The summed E-state index contributed by atoms with van der Waals surface area (Å²) in [6.07, 6.45) is 10.1. The molecule has 0 bridgehead atoms. The van der Waals surface area contributed by atoms with Crippen molar-refractivity contribution in [3.05, 3.63) is 52.3 Å². The number of thioether (sulfide) groups is 1. The summed E-state index contributed by atoms with van der Waals surface area (Å²) >= 11 is 1.64. The Kier molecular flexibility index (Phi) is 3.69. The van der Waals surface area contributed by atoms with Gasteiger partial charge in [-0.3, -0.25) is 0 Å². The molecule has 0 saturated heterocycles. The van der Waals surface area contributed by atoms with E-state index in [1.165, 1.54) is 30.5 Å². The van der Waals surface area contributed by atoms with Crippen LogP contribution in [-0.2, 0) is 25.7 Å². The molecule has 0 N–H and O–H groups in total. The topological polar surface area (TPSA) is 25.8 Å². The molecule has 22 heavy (non-hydrogen) atoms. The van der Waals surface area contributed by atoms with Crippen molar-refractivity contribution in [3.63, 3.8) is 0 Å². The van der Waals surface area contributed by atoms with Gasteiger partial charge in [-0.25, -0.2) is 9.97 Å². The van der Waals surface area contributed by atoms with Gasteiger partial charge in [-0.15, -0.1) is 0 Å². The van der Waals surface area contributed by atoms with Crippen molar-refractivity contribution in [3.8, 4) is 0 Å². The second kappa shape index (κ2) is 5.69. The molecule has 0 amide bonds. The summed E-state index contributed by atoms with van der Waals surface area (Å²) in [7, 11) is 0. The molecule has 0 fully saturated rings. The van der Waals surface area contributed by atoms with Gasteiger partial charge in [0.1, 0.15) is 0 Å². The van der Waals surface area contributed by atoms with Gasteiger partial charge in [-0.2, -0.15) is 0 Å². The molecule has 3 heteroatoms. The van der Waals surface area contributed by atoms with Crippen LogP contribution >= 0.6 is 11.8 Å². The fourth-order valence-electron chi connectivity index (χ4n) is 4.18. The summed E-state index contributed by atoms with van der Waals surface area (Å²) < 4.78 is 0. The second-order valence-electron chi connectivity index (χ2n) is 6.66. The highest BCUT2D eigenvalue weighted by atomic mass is 32.2. The summed E-state index contributed by atoms with van der Waals surface area (Å²) in [6.45, 7) is 2.39. The van der Waals surface area contributed by atoms with E-state index in [-0.39, 0.29) is 0 Å². The fourth-order valence-corrected chi connectivity index (χ4v) is 4.54. The van der Waals surface area contributed by atoms with E-state index in [9.17, 15) is 0 Å². The van der Waals surface area contributed by atoms with Crippen LogP contribution in [-0.4, -0.2) is 16.2 Å². The van der Waals surface area contributed by atoms with Gasteiger partial charge in [-0.05, 0) is 72.4 Å². The molecule has 2 aromatic rings. The van der Waals surface area contributed by atoms with Gasteiger partial charge in [0.15, 0.2) is 5.16 Å². The van der Waals surface area contributed by atoms with Gasteiger partial charge in [0, 0.05) is 11.9 Å². The molecule has 2 nitrogen and oxygen atoms in total. The van der Waals surface area contributed by atoms with Gasteiger partial charge < -0.3 is 0 Å². The van der Waals surface area contributed by atoms with E-state index in [1.807, 2.05) is 0 Å². The van der Waals surface area contributed by atoms with Crippen LogP contribution in [0, 0.1) is 5.92 Å². The number of rotatable bonds is 2. The summed E-state index contributed by atoms with van der Waals surface area (Å²) in [5.41, 5.74) is 7.45. The highest BCUT2D eigenvalue weighted by molar-refractivity contribution is 7.98. The first-order chi connectivity index (χ1) is 10.8. The average Bonchev–Trinajstić information content (AvgIpc) is 3.02. The zero-order valence-electron chi connectivity index (χ0n) is 13.3. The van der Waals surface area contributed by atoms with Gasteiger partial charge >= 0.3 is 0 Å². The lowest BCUT2D eigenvalue weighted by molar-refractivity contribution is 0.416. The van der Waals surface area contributed by atoms with Crippen molar-refractivity contribution in [2.75, 3.05) is 6.26 Å². The number of hydrogen-bond acceptors (Lipinski definition) is 3. The quantitative estimate of drug-likeness (QED) is 0.614. The molecule has 1 heterocycles. The van der Waals surface area contributed by atoms with Crippen LogP contribution in [0.25, 0.3) is 0 Å². The Labute approximate surface area is 136 Å². The maximum atomic E-state index is 4.79.